The molecule has 5 fully saturated rings. The maximum absolute atomic E-state index is 11.1. The molecule has 5 aliphatic heterocycles. The first kappa shape index (κ1) is 45.1. The quantitative estimate of drug-likeness (QED) is 0.0821. The van der Waals surface area contributed by atoms with Gasteiger partial charge in [0.05, 0.1) is 39.1 Å². The Morgan fingerprint density at radius 2 is 0.673 bits per heavy atom. The first-order valence-electron chi connectivity index (χ1n) is 17.5. The summed E-state index contributed by atoms with van der Waals surface area (Å²) in [6.45, 7) is -4.25. The molecule has 5 heterocycles. The van der Waals surface area contributed by atoms with Crippen molar-refractivity contribution in [3.05, 3.63) is 0 Å². The third kappa shape index (κ3) is 9.42. The van der Waals surface area contributed by atoms with Crippen molar-refractivity contribution in [3.63, 3.8) is 0 Å². The van der Waals surface area contributed by atoms with Crippen LogP contribution in [0.5, 0.6) is 0 Å². The minimum atomic E-state index is -2.08. The zero-order chi connectivity index (χ0) is 40.5. The van der Waals surface area contributed by atoms with E-state index in [9.17, 15) is 81.7 Å². The van der Waals surface area contributed by atoms with Crippen LogP contribution in [0.3, 0.4) is 0 Å². The monoisotopic (exact) mass is 812 g/mol. The topological polar surface area (TPSA) is 407 Å². The summed E-state index contributed by atoms with van der Waals surface area (Å²) in [5.41, 5.74) is 0. The first-order valence-corrected chi connectivity index (χ1v) is 17.5. The molecular weight excluding hydrogens is 760 g/mol. The van der Waals surface area contributed by atoms with Crippen molar-refractivity contribution in [2.45, 2.75) is 154 Å². The fourth-order valence-corrected chi connectivity index (χ4v) is 7.03. The van der Waals surface area contributed by atoms with E-state index in [1.54, 1.807) is 0 Å². The highest BCUT2D eigenvalue weighted by atomic mass is 16.8. The minimum Gasteiger partial charge on any atom is -0.394 e. The number of rotatable bonds is 13. The molecule has 55 heavy (non-hydrogen) atoms. The van der Waals surface area contributed by atoms with Gasteiger partial charge in [-0.3, -0.25) is 0 Å². The highest BCUT2D eigenvalue weighted by Crippen LogP contribution is 2.35. The Balaban J connectivity index is 1.22. The van der Waals surface area contributed by atoms with Crippen molar-refractivity contribution in [3.8, 4) is 0 Å². The summed E-state index contributed by atoms with van der Waals surface area (Å²) in [4.78, 5) is 0. The molecule has 0 saturated carbocycles. The largest absolute Gasteiger partial charge is 0.394 e. The molecule has 0 aromatic carbocycles. The second-order valence-electron chi connectivity index (χ2n) is 13.8. The summed E-state index contributed by atoms with van der Waals surface area (Å²) >= 11 is 0. The third-order valence-electron chi connectivity index (χ3n) is 10.2. The van der Waals surface area contributed by atoms with Gasteiger partial charge < -0.3 is 124 Å². The van der Waals surface area contributed by atoms with Gasteiger partial charge >= 0.3 is 0 Å². The number of hydrogen-bond acceptors (Lipinski definition) is 25. The van der Waals surface area contributed by atoms with E-state index in [1.165, 1.54) is 0 Å². The lowest BCUT2D eigenvalue weighted by Crippen LogP contribution is -2.67. The van der Waals surface area contributed by atoms with Gasteiger partial charge in [0.1, 0.15) is 110 Å². The number of aliphatic hydroxyl groups excluding tert-OH is 16. The van der Waals surface area contributed by atoms with E-state index in [0.29, 0.717) is 0 Å². The van der Waals surface area contributed by atoms with E-state index < -0.39 is 180 Å². The van der Waals surface area contributed by atoms with Crippen LogP contribution in [0.2, 0.25) is 0 Å². The van der Waals surface area contributed by atoms with Gasteiger partial charge in [-0.2, -0.15) is 0 Å². The molecule has 0 spiro atoms. The maximum atomic E-state index is 11.1. The van der Waals surface area contributed by atoms with Crippen LogP contribution < -0.4 is 0 Å². The van der Waals surface area contributed by atoms with Gasteiger partial charge in [0.2, 0.25) is 0 Å². The van der Waals surface area contributed by atoms with E-state index in [2.05, 4.69) is 0 Å². The van der Waals surface area contributed by atoms with E-state index in [1.807, 2.05) is 0 Å². The number of hydrogen-bond donors (Lipinski definition) is 16. The Morgan fingerprint density at radius 1 is 0.345 bits per heavy atom. The van der Waals surface area contributed by atoms with Crippen LogP contribution >= 0.6 is 0 Å². The number of ether oxygens (including phenoxy) is 9. The molecule has 16 N–H and O–H groups in total. The second-order valence-corrected chi connectivity index (χ2v) is 13.8. The van der Waals surface area contributed by atoms with Gasteiger partial charge in [0.25, 0.3) is 0 Å². The van der Waals surface area contributed by atoms with Gasteiger partial charge in [0, 0.05) is 6.42 Å². The lowest BCUT2D eigenvalue weighted by Gasteiger charge is -2.49. The van der Waals surface area contributed by atoms with Crippen LogP contribution in [0.15, 0.2) is 0 Å². The normalized spacial score (nSPS) is 52.6. The minimum absolute atomic E-state index is 0.321. The second kappa shape index (κ2) is 19.4. The van der Waals surface area contributed by atoms with Crippen molar-refractivity contribution >= 4 is 0 Å². The summed E-state index contributed by atoms with van der Waals surface area (Å²) in [6.07, 6.45) is -41.9. The molecule has 0 bridgehead atoms. The van der Waals surface area contributed by atoms with Crippen LogP contribution in [0.1, 0.15) is 6.42 Å². The van der Waals surface area contributed by atoms with Crippen molar-refractivity contribution in [2.75, 3.05) is 33.0 Å². The fraction of sp³-hybridized carbons (Fsp3) is 1.00. The summed E-state index contributed by atoms with van der Waals surface area (Å²) in [5.74, 6) is 0. The van der Waals surface area contributed by atoms with Gasteiger partial charge in [0.15, 0.2) is 31.5 Å². The highest BCUT2D eigenvalue weighted by Gasteiger charge is 2.55. The molecule has 0 amide bonds. The molecule has 0 radical (unpaired) electrons. The average molecular weight is 813 g/mol. The van der Waals surface area contributed by atoms with Crippen LogP contribution in [-0.4, -0.2) is 262 Å². The molecule has 25 heteroatoms. The lowest BCUT2D eigenvalue weighted by atomic mass is 9.95. The van der Waals surface area contributed by atoms with Crippen LogP contribution in [0, 0.1) is 0 Å². The highest BCUT2D eigenvalue weighted by molar-refractivity contribution is 4.98. The van der Waals surface area contributed by atoms with Gasteiger partial charge in [-0.05, 0) is 0 Å². The number of aliphatic hydroxyl groups is 16. The van der Waals surface area contributed by atoms with Gasteiger partial charge in [-0.15, -0.1) is 0 Å². The zero-order valence-corrected chi connectivity index (χ0v) is 28.9. The third-order valence-corrected chi connectivity index (χ3v) is 10.2. The Bertz CT molecular complexity index is 1170. The van der Waals surface area contributed by atoms with E-state index >= 15 is 0 Å². The molecule has 5 saturated heterocycles. The molecule has 24 atom stereocenters. The van der Waals surface area contributed by atoms with E-state index in [0.717, 1.165) is 0 Å². The average Bonchev–Trinajstić information content (AvgIpc) is 3.17. The van der Waals surface area contributed by atoms with Crippen molar-refractivity contribution in [2.24, 2.45) is 0 Å². The van der Waals surface area contributed by atoms with Crippen LogP contribution in [0.4, 0.5) is 0 Å². The SMILES string of the molecule is OC[C@H]1O[C@H](O[C@H]2[C@H](O)[C@@H](O)[C@@H](O[C@H]3[C@H](O)[C@@H](O)[C@@H](O[C@H]4[C@H](O)[C@@H](O)[C@@H](O[C@H]5[C@H](O)[C@@H](O)C(O)O[C@@H]5CO)O[C@@H]4CO)O[C@@H]3CO)O[C@@H]2CO)C[C@@H](O)[C@@H]1O. The zero-order valence-electron chi connectivity index (χ0n) is 28.9. The maximum Gasteiger partial charge on any atom is 0.187 e. The van der Waals surface area contributed by atoms with E-state index in [-0.39, 0.29) is 6.42 Å². The van der Waals surface area contributed by atoms with Crippen LogP contribution in [-0.2, 0) is 42.6 Å². The van der Waals surface area contributed by atoms with Crippen molar-refractivity contribution in [1.82, 2.24) is 0 Å². The predicted octanol–water partition coefficient (Wildman–Crippen LogP) is -10.9. The summed E-state index contributed by atoms with van der Waals surface area (Å²) in [6, 6.07) is 0. The van der Waals surface area contributed by atoms with Crippen molar-refractivity contribution < 1.29 is 124 Å². The Kier molecular flexibility index (Phi) is 15.9. The molecule has 5 rings (SSSR count). The molecule has 0 aromatic heterocycles. The smallest absolute Gasteiger partial charge is 0.187 e. The molecule has 25 nitrogen and oxygen atoms in total. The fourth-order valence-electron chi connectivity index (χ4n) is 7.03. The predicted molar refractivity (Wildman–Crippen MR) is 165 cm³/mol. The molecule has 1 unspecified atom stereocenters. The standard InChI is InChI=1S/C30H52O25/c31-2-8-14(37)7(36)1-13(47-8)52-23-10(4-33)49-28(20(43)16(23)39)54-25-12(6-35)51-30(22(45)18(25)41)55-26-11(5-34)50-29(21(44)17(26)40)53-24-9(3-32)48-27(46)19(42)15(24)38/h7-46H,1-6H2/t7-,8-,9-,10-,11-,12-,13-,14+,15-,16-,17-,18-,19-,20-,21-,22-,23-,24-,25-,26-,27?,28-,29-,30-/m1/s1. The summed E-state index contributed by atoms with van der Waals surface area (Å²) in [5, 5.41) is 165. The molecular formula is C30H52O25. The van der Waals surface area contributed by atoms with Crippen LogP contribution in [0.25, 0.3) is 0 Å². The van der Waals surface area contributed by atoms with E-state index in [4.69, 9.17) is 42.6 Å². The Labute approximate surface area is 311 Å². The summed E-state index contributed by atoms with van der Waals surface area (Å²) in [7, 11) is 0. The van der Waals surface area contributed by atoms with Gasteiger partial charge in [-0.25, -0.2) is 0 Å². The molecule has 5 aliphatic rings. The Hall–Kier alpha value is -1.00. The molecule has 322 valence electrons. The molecule has 0 aromatic rings. The first-order chi connectivity index (χ1) is 26.1. The molecule has 0 aliphatic carbocycles. The van der Waals surface area contributed by atoms with Gasteiger partial charge in [-0.1, -0.05) is 0 Å². The van der Waals surface area contributed by atoms with Crippen molar-refractivity contribution in [1.29, 1.82) is 0 Å². The Morgan fingerprint density at radius 3 is 1.04 bits per heavy atom. The lowest BCUT2D eigenvalue weighted by molar-refractivity contribution is -0.390. The summed E-state index contributed by atoms with van der Waals surface area (Å²) < 4.78 is 49.5.